The van der Waals surface area contributed by atoms with Crippen molar-refractivity contribution in [1.82, 2.24) is 9.80 Å². The van der Waals surface area contributed by atoms with Crippen molar-refractivity contribution in [2.75, 3.05) is 27.4 Å². The minimum atomic E-state index is -1.15. The Labute approximate surface area is 199 Å². The van der Waals surface area contributed by atoms with E-state index in [2.05, 4.69) is 0 Å². The van der Waals surface area contributed by atoms with Gasteiger partial charge in [-0.3, -0.25) is 14.5 Å². The average molecular weight is 467 g/mol. The third-order valence-corrected chi connectivity index (χ3v) is 6.89. The van der Waals surface area contributed by atoms with Gasteiger partial charge in [-0.1, -0.05) is 54.6 Å². The largest absolute Gasteiger partial charge is 0.469 e. The number of ether oxygens (including phenoxy) is 2. The van der Waals surface area contributed by atoms with Crippen LogP contribution in [0.4, 0.5) is 4.79 Å². The third kappa shape index (κ3) is 4.63. The van der Waals surface area contributed by atoms with E-state index in [1.807, 2.05) is 54.6 Å². The summed E-state index contributed by atoms with van der Waals surface area (Å²) in [4.78, 5) is 41.7. The topological polar surface area (TPSA) is 96.4 Å². The summed E-state index contributed by atoms with van der Waals surface area (Å²) in [5.41, 5.74) is 1.93. The predicted molar refractivity (Wildman–Crippen MR) is 124 cm³/mol. The third-order valence-electron chi connectivity index (χ3n) is 6.89. The second-order valence-electron chi connectivity index (χ2n) is 9.02. The number of carbonyl (C=O) groups is 3. The van der Waals surface area contributed by atoms with Gasteiger partial charge in [0.25, 0.3) is 0 Å². The number of benzene rings is 2. The van der Waals surface area contributed by atoms with Crippen LogP contribution in [0.2, 0.25) is 0 Å². The van der Waals surface area contributed by atoms with E-state index in [1.165, 1.54) is 12.0 Å². The second-order valence-corrected chi connectivity index (χ2v) is 9.02. The Morgan fingerprint density at radius 2 is 1.71 bits per heavy atom. The van der Waals surface area contributed by atoms with Gasteiger partial charge in [0.15, 0.2) is 0 Å². The number of rotatable bonds is 8. The predicted octanol–water partition coefficient (Wildman–Crippen LogP) is 3.26. The Kier molecular flexibility index (Phi) is 6.88. The molecule has 34 heavy (non-hydrogen) atoms. The second kappa shape index (κ2) is 9.85. The number of carbonyl (C=O) groups excluding carboxylic acids is 2. The zero-order valence-corrected chi connectivity index (χ0v) is 19.5. The molecule has 1 aliphatic heterocycles. The van der Waals surface area contributed by atoms with Crippen molar-refractivity contribution in [3.8, 4) is 0 Å². The molecule has 0 radical (unpaired) electrons. The van der Waals surface area contributed by atoms with E-state index >= 15 is 0 Å². The van der Waals surface area contributed by atoms with Crippen LogP contribution in [0.1, 0.15) is 35.6 Å². The molecule has 1 aliphatic carbocycles. The van der Waals surface area contributed by atoms with Crippen molar-refractivity contribution in [3.63, 3.8) is 0 Å². The molecule has 1 fully saturated rings. The monoisotopic (exact) mass is 466 g/mol. The Balaban J connectivity index is 1.73. The minimum Gasteiger partial charge on any atom is -0.469 e. The van der Waals surface area contributed by atoms with Gasteiger partial charge in [0.1, 0.15) is 6.04 Å². The summed E-state index contributed by atoms with van der Waals surface area (Å²) < 4.78 is 10.5. The van der Waals surface area contributed by atoms with Gasteiger partial charge in [-0.15, -0.1) is 0 Å². The summed E-state index contributed by atoms with van der Waals surface area (Å²) >= 11 is 0. The molecule has 8 heteroatoms. The molecule has 1 heterocycles. The van der Waals surface area contributed by atoms with E-state index in [9.17, 15) is 19.5 Å². The highest BCUT2D eigenvalue weighted by molar-refractivity contribution is 5.88. The van der Waals surface area contributed by atoms with Gasteiger partial charge >= 0.3 is 12.1 Å². The van der Waals surface area contributed by atoms with Crippen molar-refractivity contribution < 1.29 is 29.0 Å². The summed E-state index contributed by atoms with van der Waals surface area (Å²) in [6.45, 7) is 0.495. The SMILES string of the molecule is COC[C@H](c1ccccc1)N(CC1(C(=O)OC)CC1)C(=O)C1Cc2ccccc2CN1C(=O)O. The number of nitrogens with zero attached hydrogens (tertiary/aromatic N) is 2. The van der Waals surface area contributed by atoms with Gasteiger partial charge in [0.2, 0.25) is 5.91 Å². The fourth-order valence-corrected chi connectivity index (χ4v) is 4.80. The summed E-state index contributed by atoms with van der Waals surface area (Å²) in [5, 5.41) is 9.95. The molecule has 180 valence electrons. The molecule has 2 aromatic carbocycles. The van der Waals surface area contributed by atoms with Crippen LogP contribution >= 0.6 is 0 Å². The fraction of sp³-hybridized carbons (Fsp3) is 0.423. The van der Waals surface area contributed by atoms with Gasteiger partial charge < -0.3 is 19.5 Å². The van der Waals surface area contributed by atoms with Gasteiger partial charge in [0.05, 0.1) is 31.7 Å². The Morgan fingerprint density at radius 1 is 1.06 bits per heavy atom. The molecule has 2 aliphatic rings. The van der Waals surface area contributed by atoms with Crippen molar-refractivity contribution in [2.24, 2.45) is 5.41 Å². The summed E-state index contributed by atoms with van der Waals surface area (Å²) in [5.74, 6) is -0.684. The number of methoxy groups -OCH3 is 2. The van der Waals surface area contributed by atoms with E-state index in [0.717, 1.165) is 16.7 Å². The van der Waals surface area contributed by atoms with Crippen molar-refractivity contribution >= 4 is 18.0 Å². The van der Waals surface area contributed by atoms with Crippen LogP contribution in [-0.2, 0) is 32.0 Å². The van der Waals surface area contributed by atoms with Gasteiger partial charge in [-0.2, -0.15) is 0 Å². The van der Waals surface area contributed by atoms with E-state index < -0.39 is 23.6 Å². The molecule has 1 N–H and O–H groups in total. The highest BCUT2D eigenvalue weighted by Gasteiger charge is 2.54. The molecular formula is C26H30N2O6. The van der Waals surface area contributed by atoms with Crippen LogP contribution in [0.15, 0.2) is 54.6 Å². The molecule has 1 unspecified atom stereocenters. The zero-order valence-electron chi connectivity index (χ0n) is 19.5. The maximum Gasteiger partial charge on any atom is 0.408 e. The first-order chi connectivity index (χ1) is 16.4. The van der Waals surface area contributed by atoms with Crippen molar-refractivity contribution in [2.45, 2.75) is 37.9 Å². The van der Waals surface area contributed by atoms with Gasteiger partial charge in [0, 0.05) is 20.1 Å². The number of hydrogen-bond acceptors (Lipinski definition) is 5. The maximum absolute atomic E-state index is 14.1. The van der Waals surface area contributed by atoms with Gasteiger partial charge in [-0.25, -0.2) is 4.79 Å². The molecule has 0 bridgehead atoms. The quantitative estimate of drug-likeness (QED) is 0.600. The first-order valence-electron chi connectivity index (χ1n) is 11.4. The molecule has 0 spiro atoms. The lowest BCUT2D eigenvalue weighted by Gasteiger charge is -2.41. The minimum absolute atomic E-state index is 0.137. The molecule has 4 rings (SSSR count). The van der Waals surface area contributed by atoms with Crippen molar-refractivity contribution in [3.05, 3.63) is 71.3 Å². The lowest BCUT2D eigenvalue weighted by molar-refractivity contribution is -0.151. The van der Waals surface area contributed by atoms with Crippen LogP contribution in [0.5, 0.6) is 0 Å². The lowest BCUT2D eigenvalue weighted by Crippen LogP contribution is -2.55. The fourth-order valence-electron chi connectivity index (χ4n) is 4.80. The molecule has 8 nitrogen and oxygen atoms in total. The Hall–Kier alpha value is -3.39. The Morgan fingerprint density at radius 3 is 2.29 bits per heavy atom. The van der Waals surface area contributed by atoms with Crippen molar-refractivity contribution in [1.29, 1.82) is 0 Å². The molecule has 2 aromatic rings. The molecule has 1 saturated carbocycles. The van der Waals surface area contributed by atoms with E-state index in [0.29, 0.717) is 12.8 Å². The molecule has 2 amide bonds. The standard InChI is InChI=1S/C26H30N2O6/c1-33-16-22(18-8-4-3-5-9-18)28(17-26(12-13-26)24(30)34-2)23(29)21-14-19-10-6-7-11-20(19)15-27(21)25(31)32/h3-11,21-22H,12-17H2,1-2H3,(H,31,32)/t21?,22-/m1/s1. The molecule has 2 atom stereocenters. The summed E-state index contributed by atoms with van der Waals surface area (Å²) in [6.07, 6.45) is 0.365. The van der Waals surface area contributed by atoms with Crippen LogP contribution in [0, 0.1) is 5.41 Å². The summed E-state index contributed by atoms with van der Waals surface area (Å²) in [7, 11) is 2.91. The van der Waals surface area contributed by atoms with E-state index in [-0.39, 0.29) is 38.0 Å². The number of esters is 1. The summed E-state index contributed by atoms with van der Waals surface area (Å²) in [6, 6.07) is 15.7. The first-order valence-corrected chi connectivity index (χ1v) is 11.4. The van der Waals surface area contributed by atoms with Crippen LogP contribution < -0.4 is 0 Å². The first kappa shape index (κ1) is 23.8. The van der Waals surface area contributed by atoms with Gasteiger partial charge in [-0.05, 0) is 29.5 Å². The van der Waals surface area contributed by atoms with E-state index in [1.54, 1.807) is 12.0 Å². The van der Waals surface area contributed by atoms with E-state index in [4.69, 9.17) is 9.47 Å². The average Bonchev–Trinajstić information content (AvgIpc) is 3.65. The Bertz CT molecular complexity index is 1050. The number of fused-ring (bicyclic) bond motifs is 1. The molecular weight excluding hydrogens is 436 g/mol. The highest BCUT2D eigenvalue weighted by atomic mass is 16.5. The number of hydrogen-bond donors (Lipinski definition) is 1. The number of carboxylic acid groups (broad SMARTS) is 1. The van der Waals surface area contributed by atoms with Crippen LogP contribution in [0.3, 0.4) is 0 Å². The molecule has 0 aromatic heterocycles. The highest BCUT2D eigenvalue weighted by Crippen LogP contribution is 2.48. The number of amides is 2. The molecule has 0 saturated heterocycles. The van der Waals surface area contributed by atoms with Crippen LogP contribution in [0.25, 0.3) is 0 Å². The maximum atomic E-state index is 14.1. The lowest BCUT2D eigenvalue weighted by atomic mass is 9.92. The van der Waals surface area contributed by atoms with Crippen LogP contribution in [-0.4, -0.2) is 66.3 Å². The zero-order chi connectivity index (χ0) is 24.3. The smallest absolute Gasteiger partial charge is 0.408 e. The normalized spacial score (nSPS) is 19.0.